The molecule has 6 nitrogen and oxygen atoms in total. The Hall–Kier alpha value is -2.80. The minimum Gasteiger partial charge on any atom is -0.494 e. The maximum atomic E-state index is 11.9. The van der Waals surface area contributed by atoms with Gasteiger partial charge in [0.25, 0.3) is 0 Å². The van der Waals surface area contributed by atoms with Crippen LogP contribution in [0.5, 0.6) is 5.75 Å². The maximum Gasteiger partial charge on any atom is 0.319 e. The van der Waals surface area contributed by atoms with E-state index in [1.54, 1.807) is 0 Å². The molecule has 1 fully saturated rings. The third kappa shape index (κ3) is 3.75. The molecule has 144 valence electrons. The van der Waals surface area contributed by atoms with Crippen molar-refractivity contribution in [1.82, 2.24) is 14.8 Å². The second kappa shape index (κ2) is 8.06. The first kappa shape index (κ1) is 18.6. The van der Waals surface area contributed by atoms with E-state index in [1.807, 2.05) is 60.9 Å². The number of carbonyl (C=O) groups excluding carboxylic acids is 1. The molecule has 1 aliphatic rings. The van der Waals surface area contributed by atoms with Gasteiger partial charge < -0.3 is 9.47 Å². The Morgan fingerprint density at radius 2 is 2.04 bits per heavy atom. The highest BCUT2D eigenvalue weighted by atomic mass is 32.2. The number of esters is 1. The number of rotatable bonds is 6. The number of ether oxygens (including phenoxy) is 2. The van der Waals surface area contributed by atoms with Crippen molar-refractivity contribution < 1.29 is 14.3 Å². The van der Waals surface area contributed by atoms with Gasteiger partial charge in [0.1, 0.15) is 11.0 Å². The van der Waals surface area contributed by atoms with Crippen molar-refractivity contribution in [1.29, 1.82) is 0 Å². The van der Waals surface area contributed by atoms with E-state index in [0.29, 0.717) is 24.8 Å². The Labute approximate surface area is 167 Å². The average molecular weight is 395 g/mol. The molecule has 0 bridgehead atoms. The van der Waals surface area contributed by atoms with Crippen molar-refractivity contribution in [3.63, 3.8) is 0 Å². The number of benzene rings is 2. The molecule has 0 unspecified atom stereocenters. The SMILES string of the molecule is CCOc1ccc(-n2c(S[C@H]3CCOC3=O)nnc2-c2cccc(C)c2)cc1. The van der Waals surface area contributed by atoms with Crippen LogP contribution in [-0.2, 0) is 9.53 Å². The summed E-state index contributed by atoms with van der Waals surface area (Å²) in [5, 5.41) is 9.25. The molecule has 0 N–H and O–H groups in total. The fourth-order valence-corrected chi connectivity index (χ4v) is 4.14. The summed E-state index contributed by atoms with van der Waals surface area (Å²) < 4.78 is 12.6. The Bertz CT molecular complexity index is 985. The molecule has 1 aromatic heterocycles. The second-order valence-electron chi connectivity index (χ2n) is 6.50. The molecule has 0 saturated carbocycles. The minimum absolute atomic E-state index is 0.191. The molecule has 0 amide bonds. The lowest BCUT2D eigenvalue weighted by molar-refractivity contribution is -0.137. The monoisotopic (exact) mass is 395 g/mol. The lowest BCUT2D eigenvalue weighted by atomic mass is 10.1. The zero-order valence-corrected chi connectivity index (χ0v) is 16.6. The van der Waals surface area contributed by atoms with E-state index in [9.17, 15) is 4.79 Å². The second-order valence-corrected chi connectivity index (χ2v) is 7.67. The number of aryl methyl sites for hydroxylation is 1. The van der Waals surface area contributed by atoms with Gasteiger partial charge >= 0.3 is 5.97 Å². The number of thioether (sulfide) groups is 1. The van der Waals surface area contributed by atoms with Crippen LogP contribution in [0.2, 0.25) is 0 Å². The molecule has 0 spiro atoms. The van der Waals surface area contributed by atoms with Gasteiger partial charge in [0.2, 0.25) is 0 Å². The van der Waals surface area contributed by atoms with Crippen molar-refractivity contribution in [2.24, 2.45) is 0 Å². The normalized spacial score (nSPS) is 16.2. The highest BCUT2D eigenvalue weighted by Crippen LogP contribution is 2.33. The molecule has 28 heavy (non-hydrogen) atoms. The molecule has 0 radical (unpaired) electrons. The van der Waals surface area contributed by atoms with Crippen LogP contribution >= 0.6 is 11.8 Å². The molecule has 7 heteroatoms. The third-order valence-electron chi connectivity index (χ3n) is 4.45. The Morgan fingerprint density at radius 1 is 1.21 bits per heavy atom. The Morgan fingerprint density at radius 3 is 2.71 bits per heavy atom. The van der Waals surface area contributed by atoms with Gasteiger partial charge in [0, 0.05) is 17.7 Å². The summed E-state index contributed by atoms with van der Waals surface area (Å²) in [4.78, 5) is 11.9. The van der Waals surface area contributed by atoms with E-state index in [0.717, 1.165) is 28.4 Å². The molecule has 1 aliphatic heterocycles. The number of aromatic nitrogens is 3. The Balaban J connectivity index is 1.77. The lowest BCUT2D eigenvalue weighted by Gasteiger charge is -2.12. The molecule has 3 aromatic rings. The van der Waals surface area contributed by atoms with E-state index in [-0.39, 0.29) is 11.2 Å². The smallest absolute Gasteiger partial charge is 0.319 e. The fourth-order valence-electron chi connectivity index (χ4n) is 3.12. The van der Waals surface area contributed by atoms with Gasteiger partial charge in [-0.05, 0) is 44.2 Å². The van der Waals surface area contributed by atoms with Crippen molar-refractivity contribution in [2.45, 2.75) is 30.7 Å². The standard InChI is InChI=1S/C21H21N3O3S/c1-3-26-17-9-7-16(8-10-17)24-19(15-6-4-5-14(2)13-15)22-23-21(24)28-18-11-12-27-20(18)25/h4-10,13,18H,3,11-12H2,1-2H3/t18-/m0/s1. The molecule has 1 atom stereocenters. The molecule has 2 aromatic carbocycles. The number of hydrogen-bond acceptors (Lipinski definition) is 6. The predicted octanol–water partition coefficient (Wildman–Crippen LogP) is 4.05. The summed E-state index contributed by atoms with van der Waals surface area (Å²) in [6.07, 6.45) is 0.680. The third-order valence-corrected chi connectivity index (χ3v) is 5.64. The summed E-state index contributed by atoms with van der Waals surface area (Å²) >= 11 is 1.40. The van der Waals surface area contributed by atoms with Gasteiger partial charge in [-0.1, -0.05) is 35.5 Å². The first-order valence-electron chi connectivity index (χ1n) is 9.24. The molecular weight excluding hydrogens is 374 g/mol. The summed E-state index contributed by atoms with van der Waals surface area (Å²) in [6, 6.07) is 16.0. The zero-order valence-electron chi connectivity index (χ0n) is 15.8. The number of carbonyl (C=O) groups is 1. The van der Waals surface area contributed by atoms with E-state index >= 15 is 0 Å². The molecule has 2 heterocycles. The van der Waals surface area contributed by atoms with Crippen LogP contribution in [0.1, 0.15) is 18.9 Å². The van der Waals surface area contributed by atoms with E-state index < -0.39 is 0 Å². The Kier molecular flexibility index (Phi) is 5.34. The van der Waals surface area contributed by atoms with Crippen molar-refractivity contribution in [3.05, 3.63) is 54.1 Å². The van der Waals surface area contributed by atoms with Crippen molar-refractivity contribution in [2.75, 3.05) is 13.2 Å². The van der Waals surface area contributed by atoms with Crippen molar-refractivity contribution in [3.8, 4) is 22.8 Å². The van der Waals surface area contributed by atoms with Crippen molar-refractivity contribution >= 4 is 17.7 Å². The topological polar surface area (TPSA) is 66.2 Å². The van der Waals surface area contributed by atoms with Crippen LogP contribution < -0.4 is 4.74 Å². The fraction of sp³-hybridized carbons (Fsp3) is 0.286. The van der Waals surface area contributed by atoms with Crippen LogP contribution in [0.25, 0.3) is 17.1 Å². The summed E-state index contributed by atoms with van der Waals surface area (Å²) in [6.45, 7) is 5.08. The molecule has 4 rings (SSSR count). The minimum atomic E-state index is -0.254. The van der Waals surface area contributed by atoms with E-state index in [4.69, 9.17) is 9.47 Å². The van der Waals surface area contributed by atoms with Gasteiger partial charge in [0.15, 0.2) is 11.0 Å². The van der Waals surface area contributed by atoms with Crippen LogP contribution in [0.4, 0.5) is 0 Å². The van der Waals surface area contributed by atoms with Crippen LogP contribution in [-0.4, -0.2) is 39.2 Å². The summed E-state index contributed by atoms with van der Waals surface area (Å²) in [5.74, 6) is 1.36. The molecule has 1 saturated heterocycles. The lowest BCUT2D eigenvalue weighted by Crippen LogP contribution is -2.11. The van der Waals surface area contributed by atoms with Gasteiger partial charge in [-0.3, -0.25) is 9.36 Å². The van der Waals surface area contributed by atoms with E-state index in [2.05, 4.69) is 16.3 Å². The molecule has 0 aliphatic carbocycles. The van der Waals surface area contributed by atoms with Gasteiger partial charge in [-0.2, -0.15) is 0 Å². The average Bonchev–Trinajstić information content (AvgIpc) is 3.30. The van der Waals surface area contributed by atoms with Crippen LogP contribution in [0.15, 0.2) is 53.7 Å². The van der Waals surface area contributed by atoms with Gasteiger partial charge in [-0.25, -0.2) is 0 Å². The largest absolute Gasteiger partial charge is 0.494 e. The summed E-state index contributed by atoms with van der Waals surface area (Å²) in [5.41, 5.74) is 3.04. The zero-order chi connectivity index (χ0) is 19.5. The van der Waals surface area contributed by atoms with Gasteiger partial charge in [-0.15, -0.1) is 10.2 Å². The number of cyclic esters (lactones) is 1. The van der Waals surface area contributed by atoms with E-state index in [1.165, 1.54) is 11.8 Å². The predicted molar refractivity (Wildman–Crippen MR) is 108 cm³/mol. The highest BCUT2D eigenvalue weighted by molar-refractivity contribution is 8.00. The van der Waals surface area contributed by atoms with Gasteiger partial charge in [0.05, 0.1) is 13.2 Å². The first-order valence-corrected chi connectivity index (χ1v) is 10.1. The first-order chi connectivity index (χ1) is 13.7. The van der Waals surface area contributed by atoms with Crippen LogP contribution in [0.3, 0.4) is 0 Å². The molecular formula is C21H21N3O3S. The quantitative estimate of drug-likeness (QED) is 0.587. The number of nitrogens with zero attached hydrogens (tertiary/aromatic N) is 3. The summed E-state index contributed by atoms with van der Waals surface area (Å²) in [7, 11) is 0. The highest BCUT2D eigenvalue weighted by Gasteiger charge is 2.30. The number of hydrogen-bond donors (Lipinski definition) is 0. The maximum absolute atomic E-state index is 11.9. The van der Waals surface area contributed by atoms with Crippen LogP contribution in [0, 0.1) is 6.92 Å².